The Morgan fingerprint density at radius 3 is 2.63 bits per heavy atom. The summed E-state index contributed by atoms with van der Waals surface area (Å²) in [5, 5.41) is 22.7. The Hall–Kier alpha value is -2.96. The van der Waals surface area contributed by atoms with E-state index in [1.807, 2.05) is 19.3 Å². The third kappa shape index (κ3) is 3.77. The molecule has 0 aliphatic heterocycles. The van der Waals surface area contributed by atoms with Crippen LogP contribution in [-0.2, 0) is 7.05 Å². The highest BCUT2D eigenvalue weighted by molar-refractivity contribution is 5.73. The van der Waals surface area contributed by atoms with Crippen LogP contribution in [0.3, 0.4) is 0 Å². The Morgan fingerprint density at radius 2 is 1.96 bits per heavy atom. The molecule has 140 valence electrons. The molecule has 3 aromatic rings. The third-order valence-electron chi connectivity index (χ3n) is 4.85. The first-order valence-electron chi connectivity index (χ1n) is 9.07. The van der Waals surface area contributed by atoms with Gasteiger partial charge in [0, 0.05) is 30.4 Å². The van der Waals surface area contributed by atoms with Gasteiger partial charge >= 0.3 is 0 Å². The average Bonchev–Trinajstić information content (AvgIpc) is 3.11. The van der Waals surface area contributed by atoms with Crippen molar-refractivity contribution in [3.05, 3.63) is 42.7 Å². The van der Waals surface area contributed by atoms with Gasteiger partial charge in [0.15, 0.2) is 0 Å². The van der Waals surface area contributed by atoms with Gasteiger partial charge in [0.1, 0.15) is 18.0 Å². The maximum Gasteiger partial charge on any atom is 0.233 e. The fraction of sp³-hybridized carbons (Fsp3) is 0.350. The maximum atomic E-state index is 13.9. The minimum Gasteiger partial charge on any atom is -0.507 e. The van der Waals surface area contributed by atoms with E-state index in [2.05, 4.69) is 15.3 Å². The van der Waals surface area contributed by atoms with Crippen molar-refractivity contribution in [2.75, 3.05) is 0 Å². The largest absolute Gasteiger partial charge is 0.507 e. The molecule has 27 heavy (non-hydrogen) atoms. The van der Waals surface area contributed by atoms with E-state index >= 15 is 0 Å². The standard InChI is InChI=1S/C20H21FN4O2/c1-25-12-14(11-22-25)13-6-7-15(18(26)10-13)17-8-9-20(24-23-17)27-19-5-3-2-4-16(19)21/h6-12,16,19,26H,2-5H2,1H3/t16-,19-/m0/s1. The zero-order valence-corrected chi connectivity index (χ0v) is 15.0. The maximum absolute atomic E-state index is 13.9. The van der Waals surface area contributed by atoms with Gasteiger partial charge in [0.2, 0.25) is 5.88 Å². The van der Waals surface area contributed by atoms with Crippen molar-refractivity contribution < 1.29 is 14.2 Å². The van der Waals surface area contributed by atoms with Crippen molar-refractivity contribution in [1.29, 1.82) is 0 Å². The van der Waals surface area contributed by atoms with Crippen molar-refractivity contribution in [3.63, 3.8) is 0 Å². The third-order valence-corrected chi connectivity index (χ3v) is 4.85. The van der Waals surface area contributed by atoms with Crippen molar-refractivity contribution in [2.24, 2.45) is 7.05 Å². The lowest BCUT2D eigenvalue weighted by Crippen LogP contribution is -2.32. The van der Waals surface area contributed by atoms with Crippen molar-refractivity contribution in [3.8, 4) is 34.0 Å². The Labute approximate surface area is 156 Å². The van der Waals surface area contributed by atoms with E-state index in [4.69, 9.17) is 4.74 Å². The molecular formula is C20H21FN4O2. The quantitative estimate of drug-likeness (QED) is 0.756. The Bertz CT molecular complexity index is 926. The van der Waals surface area contributed by atoms with Crippen LogP contribution in [0.1, 0.15) is 25.7 Å². The number of ether oxygens (including phenoxy) is 1. The Kier molecular flexibility index (Phi) is 4.75. The van der Waals surface area contributed by atoms with Crippen LogP contribution < -0.4 is 4.74 Å². The van der Waals surface area contributed by atoms with E-state index < -0.39 is 12.3 Å². The van der Waals surface area contributed by atoms with Gasteiger partial charge in [-0.25, -0.2) is 4.39 Å². The molecule has 1 fully saturated rings. The van der Waals surface area contributed by atoms with Crippen molar-refractivity contribution in [2.45, 2.75) is 38.0 Å². The number of rotatable bonds is 4. The molecule has 7 heteroatoms. The number of phenols is 1. The summed E-state index contributed by atoms with van der Waals surface area (Å²) < 4.78 is 21.3. The van der Waals surface area contributed by atoms with Crippen LogP contribution in [0.5, 0.6) is 11.6 Å². The second-order valence-electron chi connectivity index (χ2n) is 6.85. The molecule has 0 amide bonds. The number of benzene rings is 1. The summed E-state index contributed by atoms with van der Waals surface area (Å²) in [7, 11) is 1.84. The average molecular weight is 368 g/mol. The van der Waals surface area contributed by atoms with Gasteiger partial charge in [0.05, 0.1) is 11.9 Å². The molecule has 0 saturated heterocycles. The van der Waals surface area contributed by atoms with E-state index in [1.54, 1.807) is 35.1 Å². The highest BCUT2D eigenvalue weighted by Gasteiger charge is 2.26. The number of hydrogen-bond acceptors (Lipinski definition) is 5. The first kappa shape index (κ1) is 17.5. The summed E-state index contributed by atoms with van der Waals surface area (Å²) in [6, 6.07) is 8.75. The smallest absolute Gasteiger partial charge is 0.233 e. The van der Waals surface area contributed by atoms with Crippen LogP contribution in [0.4, 0.5) is 4.39 Å². The SMILES string of the molecule is Cn1cc(-c2ccc(-c3ccc(O[C@H]4CCCC[C@@H]4F)nn3)c(O)c2)cn1. The van der Waals surface area contributed by atoms with Crippen molar-refractivity contribution >= 4 is 0 Å². The topological polar surface area (TPSA) is 73.1 Å². The summed E-state index contributed by atoms with van der Waals surface area (Å²) in [6.07, 6.45) is 5.31. The molecule has 0 radical (unpaired) electrons. The van der Waals surface area contributed by atoms with Crippen LogP contribution in [0.15, 0.2) is 42.7 Å². The Balaban J connectivity index is 1.51. The number of nitrogens with zero attached hydrogens (tertiary/aromatic N) is 4. The summed E-state index contributed by atoms with van der Waals surface area (Å²) in [5.74, 6) is 0.412. The molecule has 6 nitrogen and oxygen atoms in total. The molecule has 2 atom stereocenters. The minimum absolute atomic E-state index is 0.107. The molecule has 1 aliphatic carbocycles. The van der Waals surface area contributed by atoms with E-state index in [0.717, 1.165) is 24.0 Å². The van der Waals surface area contributed by atoms with E-state index in [0.29, 0.717) is 30.0 Å². The van der Waals surface area contributed by atoms with Gasteiger partial charge in [0.25, 0.3) is 0 Å². The lowest BCUT2D eigenvalue weighted by Gasteiger charge is -2.25. The number of halogens is 1. The molecule has 1 N–H and O–H groups in total. The molecule has 2 heterocycles. The lowest BCUT2D eigenvalue weighted by atomic mass is 9.96. The van der Waals surface area contributed by atoms with Gasteiger partial charge in [-0.3, -0.25) is 4.68 Å². The normalized spacial score (nSPS) is 19.8. The number of aromatic hydroxyl groups is 1. The van der Waals surface area contributed by atoms with E-state index in [1.165, 1.54) is 0 Å². The molecule has 2 aromatic heterocycles. The van der Waals surface area contributed by atoms with Crippen LogP contribution in [0.2, 0.25) is 0 Å². The minimum atomic E-state index is -0.954. The van der Waals surface area contributed by atoms with Crippen molar-refractivity contribution in [1.82, 2.24) is 20.0 Å². The molecule has 0 spiro atoms. The second kappa shape index (κ2) is 7.34. The Morgan fingerprint density at radius 1 is 1.11 bits per heavy atom. The summed E-state index contributed by atoms with van der Waals surface area (Å²) in [6.45, 7) is 0. The number of alkyl halides is 1. The molecule has 1 aromatic carbocycles. The van der Waals surface area contributed by atoms with E-state index in [9.17, 15) is 9.50 Å². The highest BCUT2D eigenvalue weighted by atomic mass is 19.1. The molecule has 0 unspecified atom stereocenters. The predicted octanol–water partition coefficient (Wildman–Crippen LogP) is 3.91. The lowest BCUT2D eigenvalue weighted by molar-refractivity contribution is 0.0594. The van der Waals surface area contributed by atoms with Gasteiger partial charge in [-0.15, -0.1) is 10.2 Å². The van der Waals surface area contributed by atoms with E-state index in [-0.39, 0.29) is 5.75 Å². The fourth-order valence-corrected chi connectivity index (χ4v) is 3.36. The highest BCUT2D eigenvalue weighted by Crippen LogP contribution is 2.32. The number of aryl methyl sites for hydroxylation is 1. The number of aromatic nitrogens is 4. The zero-order valence-electron chi connectivity index (χ0n) is 15.0. The first-order chi connectivity index (χ1) is 13.1. The molecule has 1 saturated carbocycles. The summed E-state index contributed by atoms with van der Waals surface area (Å²) >= 11 is 0. The van der Waals surface area contributed by atoms with Gasteiger partial charge in [-0.1, -0.05) is 12.5 Å². The molecular weight excluding hydrogens is 347 g/mol. The van der Waals surface area contributed by atoms with Crippen LogP contribution >= 0.6 is 0 Å². The fourth-order valence-electron chi connectivity index (χ4n) is 3.36. The zero-order chi connectivity index (χ0) is 18.8. The number of hydrogen-bond donors (Lipinski definition) is 1. The van der Waals surface area contributed by atoms with Crippen LogP contribution in [0, 0.1) is 0 Å². The monoisotopic (exact) mass is 368 g/mol. The van der Waals surface area contributed by atoms with Gasteiger partial charge < -0.3 is 9.84 Å². The summed E-state index contributed by atoms with van der Waals surface area (Å²) in [5.41, 5.74) is 2.88. The predicted molar refractivity (Wildman–Crippen MR) is 99.1 cm³/mol. The molecule has 4 rings (SSSR count). The molecule has 1 aliphatic rings. The summed E-state index contributed by atoms with van der Waals surface area (Å²) in [4.78, 5) is 0. The van der Waals surface area contributed by atoms with Gasteiger partial charge in [-0.2, -0.15) is 5.10 Å². The van der Waals surface area contributed by atoms with Gasteiger partial charge in [-0.05, 0) is 43.0 Å². The van der Waals surface area contributed by atoms with Crippen LogP contribution in [0.25, 0.3) is 22.4 Å². The van der Waals surface area contributed by atoms with Crippen LogP contribution in [-0.4, -0.2) is 37.4 Å². The molecule has 0 bridgehead atoms. The number of phenolic OH excluding ortho intramolecular Hbond substituents is 1. The first-order valence-corrected chi connectivity index (χ1v) is 9.07. The second-order valence-corrected chi connectivity index (χ2v) is 6.85.